The second-order valence-electron chi connectivity index (χ2n) is 7.58. The number of aliphatic carboxylic acids is 3. The largest absolute Gasteiger partial charge is 0.480 e. The lowest BCUT2D eigenvalue weighted by atomic mass is 10.3. The van der Waals surface area contributed by atoms with Crippen LogP contribution >= 0.6 is 0 Å². The van der Waals surface area contributed by atoms with Gasteiger partial charge in [0, 0.05) is 65.3 Å². The van der Waals surface area contributed by atoms with Gasteiger partial charge in [0.2, 0.25) is 5.91 Å². The van der Waals surface area contributed by atoms with Gasteiger partial charge in [-0.1, -0.05) is 5.92 Å². The second kappa shape index (κ2) is 15.1. The lowest BCUT2D eigenvalue weighted by molar-refractivity contribution is -0.140. The number of rotatable bonds is 10. The number of nitrogens with one attached hydrogen (secondary N) is 1. The summed E-state index contributed by atoms with van der Waals surface area (Å²) in [6.07, 6.45) is 5.36. The Bertz CT molecular complexity index is 650. The van der Waals surface area contributed by atoms with Crippen molar-refractivity contribution in [3.8, 4) is 12.3 Å². The molecule has 1 aliphatic heterocycles. The van der Waals surface area contributed by atoms with Crippen LogP contribution in [0.4, 0.5) is 0 Å². The molecule has 1 aliphatic rings. The number of amides is 1. The molecule has 0 aliphatic carbocycles. The van der Waals surface area contributed by atoms with Crippen molar-refractivity contribution in [1.82, 2.24) is 24.9 Å². The number of hydrogen-bond donors (Lipinski definition) is 4. The number of carbonyl (C=O) groups is 4. The molecule has 1 rings (SSSR count). The molecule has 0 aromatic rings. The fourth-order valence-electron chi connectivity index (χ4n) is 3.35. The van der Waals surface area contributed by atoms with Crippen molar-refractivity contribution in [2.45, 2.75) is 6.42 Å². The molecule has 12 nitrogen and oxygen atoms in total. The Hall–Kier alpha value is -2.72. The van der Waals surface area contributed by atoms with Gasteiger partial charge in [0.1, 0.15) is 0 Å². The highest BCUT2D eigenvalue weighted by atomic mass is 16.4. The van der Waals surface area contributed by atoms with E-state index in [1.807, 2.05) is 4.90 Å². The fraction of sp³-hybridized carbons (Fsp3) is 0.700. The molecule has 0 unspecified atom stereocenters. The quantitative estimate of drug-likeness (QED) is 0.261. The normalized spacial score (nSPS) is 18.1. The highest BCUT2D eigenvalue weighted by molar-refractivity contribution is 5.76. The predicted molar refractivity (Wildman–Crippen MR) is 115 cm³/mol. The highest BCUT2D eigenvalue weighted by Crippen LogP contribution is 2.02. The van der Waals surface area contributed by atoms with Gasteiger partial charge in [-0.25, -0.2) is 0 Å². The summed E-state index contributed by atoms with van der Waals surface area (Å²) in [6.45, 7) is 3.19. The van der Waals surface area contributed by atoms with Crippen molar-refractivity contribution >= 4 is 23.8 Å². The molecule has 0 aromatic carbocycles. The maximum absolute atomic E-state index is 11.9. The van der Waals surface area contributed by atoms with Gasteiger partial charge >= 0.3 is 17.9 Å². The molecule has 180 valence electrons. The van der Waals surface area contributed by atoms with Crippen molar-refractivity contribution in [3.05, 3.63) is 0 Å². The number of terminal acetylenes is 1. The number of carbonyl (C=O) groups excluding carboxylic acids is 1. The Morgan fingerprint density at radius 2 is 1.03 bits per heavy atom. The van der Waals surface area contributed by atoms with Crippen LogP contribution in [0.3, 0.4) is 0 Å². The van der Waals surface area contributed by atoms with Crippen molar-refractivity contribution in [2.75, 3.05) is 85.1 Å². The van der Waals surface area contributed by atoms with Crippen molar-refractivity contribution < 1.29 is 34.5 Å². The topological polar surface area (TPSA) is 154 Å². The van der Waals surface area contributed by atoms with E-state index in [-0.39, 0.29) is 38.5 Å². The van der Waals surface area contributed by atoms with Crippen molar-refractivity contribution in [2.24, 2.45) is 0 Å². The van der Waals surface area contributed by atoms with E-state index in [2.05, 4.69) is 11.2 Å². The van der Waals surface area contributed by atoms with Crippen LogP contribution in [-0.4, -0.2) is 144 Å². The van der Waals surface area contributed by atoms with Crippen molar-refractivity contribution in [1.29, 1.82) is 0 Å². The van der Waals surface area contributed by atoms with Gasteiger partial charge in [-0.05, 0) is 0 Å². The second-order valence-corrected chi connectivity index (χ2v) is 7.58. The molecule has 0 aromatic heterocycles. The van der Waals surface area contributed by atoms with Crippen LogP contribution in [0.2, 0.25) is 0 Å². The summed E-state index contributed by atoms with van der Waals surface area (Å²) < 4.78 is 0. The van der Waals surface area contributed by atoms with Crippen LogP contribution in [0.25, 0.3) is 0 Å². The van der Waals surface area contributed by atoms with Gasteiger partial charge in [0.05, 0.1) is 26.2 Å². The fourth-order valence-corrected chi connectivity index (χ4v) is 3.35. The molecule has 12 heteroatoms. The summed E-state index contributed by atoms with van der Waals surface area (Å²) in [4.78, 5) is 52.7. The monoisotopic (exact) mass is 455 g/mol. The summed E-state index contributed by atoms with van der Waals surface area (Å²) in [5.41, 5.74) is 0. The lowest BCUT2D eigenvalue weighted by Gasteiger charge is -2.33. The van der Waals surface area contributed by atoms with Crippen molar-refractivity contribution in [3.63, 3.8) is 0 Å². The summed E-state index contributed by atoms with van der Waals surface area (Å²) >= 11 is 0. The van der Waals surface area contributed by atoms with E-state index in [9.17, 15) is 29.4 Å². The molecule has 0 spiro atoms. The molecule has 32 heavy (non-hydrogen) atoms. The Morgan fingerprint density at radius 3 is 1.34 bits per heavy atom. The predicted octanol–water partition coefficient (Wildman–Crippen LogP) is -2.40. The van der Waals surface area contributed by atoms with Gasteiger partial charge < -0.3 is 25.5 Å². The highest BCUT2D eigenvalue weighted by Gasteiger charge is 2.20. The SMILES string of the molecule is C#CCNC(=O)CCN1CCN(CC(=O)O)CCN(CC(=O)O)CCN(CC(=O)O)CC1. The summed E-state index contributed by atoms with van der Waals surface area (Å²) in [7, 11) is 0. The molecule has 0 bridgehead atoms. The van der Waals surface area contributed by atoms with E-state index in [4.69, 9.17) is 11.5 Å². The number of carboxylic acid groups (broad SMARTS) is 3. The van der Waals surface area contributed by atoms with E-state index in [0.717, 1.165) is 0 Å². The Kier molecular flexibility index (Phi) is 12.9. The Balaban J connectivity index is 2.88. The standard InChI is InChI=1S/C20H33N5O7/c1-2-4-21-17(26)3-5-22-6-8-23(14-18(27)28)10-12-25(16-20(31)32)13-11-24(9-7-22)15-19(29)30/h1H,3-16H2,(H,21,26)(H,27,28)(H,29,30)(H,31,32). The molecular weight excluding hydrogens is 422 g/mol. The van der Waals surface area contributed by atoms with Gasteiger partial charge in [-0.3, -0.25) is 33.9 Å². The minimum atomic E-state index is -0.999. The van der Waals surface area contributed by atoms with Crippen LogP contribution < -0.4 is 5.32 Å². The minimum absolute atomic E-state index is 0.143. The third-order valence-corrected chi connectivity index (χ3v) is 5.05. The van der Waals surface area contributed by atoms with Crippen LogP contribution in [0, 0.1) is 12.3 Å². The summed E-state index contributed by atoms with van der Waals surface area (Å²) in [6, 6.07) is 0. The first-order chi connectivity index (χ1) is 15.2. The zero-order valence-electron chi connectivity index (χ0n) is 18.2. The van der Waals surface area contributed by atoms with Gasteiger partial charge in [-0.2, -0.15) is 0 Å². The first kappa shape index (κ1) is 27.3. The number of nitrogens with zero attached hydrogens (tertiary/aromatic N) is 4. The van der Waals surface area contributed by atoms with E-state index < -0.39 is 17.9 Å². The zero-order valence-corrected chi connectivity index (χ0v) is 18.2. The molecule has 0 radical (unpaired) electrons. The molecule has 0 atom stereocenters. The third kappa shape index (κ3) is 12.9. The minimum Gasteiger partial charge on any atom is -0.480 e. The Morgan fingerprint density at radius 1 is 0.688 bits per heavy atom. The molecular formula is C20H33N5O7. The average molecular weight is 456 g/mol. The van der Waals surface area contributed by atoms with E-state index in [1.54, 1.807) is 14.7 Å². The van der Waals surface area contributed by atoms with Gasteiger partial charge in [0.15, 0.2) is 0 Å². The van der Waals surface area contributed by atoms with E-state index in [0.29, 0.717) is 58.9 Å². The molecule has 1 heterocycles. The van der Waals surface area contributed by atoms with Crippen LogP contribution in [0.1, 0.15) is 6.42 Å². The number of hydrogen-bond acceptors (Lipinski definition) is 8. The van der Waals surface area contributed by atoms with E-state index >= 15 is 0 Å². The van der Waals surface area contributed by atoms with Gasteiger partial charge in [-0.15, -0.1) is 6.42 Å². The summed E-state index contributed by atoms with van der Waals surface area (Å²) in [5, 5.41) is 30.2. The first-order valence-corrected chi connectivity index (χ1v) is 10.4. The first-order valence-electron chi connectivity index (χ1n) is 10.4. The van der Waals surface area contributed by atoms with Crippen LogP contribution in [0.5, 0.6) is 0 Å². The smallest absolute Gasteiger partial charge is 0.317 e. The maximum atomic E-state index is 11.9. The Labute approximate surface area is 187 Å². The molecule has 1 fully saturated rings. The molecule has 0 saturated carbocycles. The summed E-state index contributed by atoms with van der Waals surface area (Å²) in [5.74, 6) is -0.809. The van der Waals surface area contributed by atoms with Crippen LogP contribution in [-0.2, 0) is 19.2 Å². The maximum Gasteiger partial charge on any atom is 0.317 e. The molecule has 1 saturated heterocycles. The van der Waals surface area contributed by atoms with Crippen LogP contribution in [0.15, 0.2) is 0 Å². The third-order valence-electron chi connectivity index (χ3n) is 5.05. The van der Waals surface area contributed by atoms with Gasteiger partial charge in [0.25, 0.3) is 0 Å². The van der Waals surface area contributed by atoms with E-state index in [1.165, 1.54) is 0 Å². The lowest BCUT2D eigenvalue weighted by Crippen LogP contribution is -2.48. The molecule has 1 amide bonds. The average Bonchev–Trinajstić information content (AvgIpc) is 2.70. The number of carboxylic acids is 3. The zero-order chi connectivity index (χ0) is 23.9. The molecule has 4 N–H and O–H groups in total.